The van der Waals surface area contributed by atoms with E-state index in [4.69, 9.17) is 19.0 Å². The lowest BCUT2D eigenvalue weighted by atomic mass is 10.0. The van der Waals surface area contributed by atoms with Crippen LogP contribution in [0.25, 0.3) is 0 Å². The summed E-state index contributed by atoms with van der Waals surface area (Å²) in [6.45, 7) is 2.21. The zero-order valence-corrected chi connectivity index (χ0v) is 25.6. The van der Waals surface area contributed by atoms with Crippen LogP contribution in [-0.4, -0.2) is 32.8 Å². The van der Waals surface area contributed by atoms with Gasteiger partial charge in [-0.05, 0) is 65.7 Å². The summed E-state index contributed by atoms with van der Waals surface area (Å²) in [4.78, 5) is 32.7. The standard InChI is InChI=1S/C32H32N2O8S2/c1-2-7-23-18-25(31(35)33-41-20-22-8-4-3-5-9-22)12-13-27(23)42-30(24-11-14-28-29(19-24)40-21-39-28)32(36)34-44(37,38)17-15-26-10-6-16-43-26/h3-6,8-14,16,18-19,30H,2,7,15,17,20-21H2,1H3,(H,33,35)(H,34,36). The second-order valence-corrected chi connectivity index (χ2v) is 12.9. The average Bonchev–Trinajstić information content (AvgIpc) is 3.72. The number of hydroxylamine groups is 1. The van der Waals surface area contributed by atoms with Crippen LogP contribution in [0.5, 0.6) is 17.2 Å². The van der Waals surface area contributed by atoms with Gasteiger partial charge in [-0.3, -0.25) is 14.4 Å². The topological polar surface area (TPSA) is 129 Å². The Kier molecular flexibility index (Phi) is 10.2. The van der Waals surface area contributed by atoms with Crippen molar-refractivity contribution < 1.29 is 37.1 Å². The molecule has 2 amide bonds. The van der Waals surface area contributed by atoms with Crippen LogP contribution in [0.2, 0.25) is 0 Å². The van der Waals surface area contributed by atoms with E-state index < -0.39 is 27.9 Å². The van der Waals surface area contributed by atoms with E-state index >= 15 is 0 Å². The largest absolute Gasteiger partial charge is 0.475 e. The fourth-order valence-electron chi connectivity index (χ4n) is 4.54. The first-order valence-corrected chi connectivity index (χ1v) is 16.6. The van der Waals surface area contributed by atoms with Crippen molar-refractivity contribution >= 4 is 33.2 Å². The number of amides is 2. The van der Waals surface area contributed by atoms with E-state index in [2.05, 4.69) is 10.2 Å². The minimum Gasteiger partial charge on any atom is -0.475 e. The molecule has 1 aliphatic rings. The van der Waals surface area contributed by atoms with E-state index in [1.165, 1.54) is 11.3 Å². The lowest BCUT2D eigenvalue weighted by molar-refractivity contribution is -0.126. The van der Waals surface area contributed by atoms with Crippen molar-refractivity contribution in [1.29, 1.82) is 0 Å². The van der Waals surface area contributed by atoms with Crippen LogP contribution in [0, 0.1) is 0 Å². The zero-order valence-electron chi connectivity index (χ0n) is 24.0. The van der Waals surface area contributed by atoms with Crippen LogP contribution >= 0.6 is 11.3 Å². The van der Waals surface area contributed by atoms with Gasteiger partial charge in [-0.25, -0.2) is 18.6 Å². The summed E-state index contributed by atoms with van der Waals surface area (Å²) in [7, 11) is -3.98. The Morgan fingerprint density at radius 2 is 1.77 bits per heavy atom. The first-order chi connectivity index (χ1) is 21.3. The number of rotatable bonds is 14. The van der Waals surface area contributed by atoms with Gasteiger partial charge in [0.05, 0.1) is 12.4 Å². The Labute approximate surface area is 259 Å². The predicted octanol–water partition coefficient (Wildman–Crippen LogP) is 5.10. The van der Waals surface area contributed by atoms with Crippen LogP contribution in [0.3, 0.4) is 0 Å². The van der Waals surface area contributed by atoms with Crippen molar-refractivity contribution in [3.63, 3.8) is 0 Å². The third-order valence-electron chi connectivity index (χ3n) is 6.72. The van der Waals surface area contributed by atoms with Gasteiger partial charge in [0, 0.05) is 16.0 Å². The number of carbonyl (C=O) groups is 2. The molecule has 0 aliphatic carbocycles. The molecule has 1 aromatic heterocycles. The molecule has 1 atom stereocenters. The van der Waals surface area contributed by atoms with Crippen molar-refractivity contribution in [1.82, 2.24) is 10.2 Å². The third kappa shape index (κ3) is 8.16. The minimum atomic E-state index is -3.98. The van der Waals surface area contributed by atoms with Crippen molar-refractivity contribution in [3.05, 3.63) is 111 Å². The second kappa shape index (κ2) is 14.4. The Bertz CT molecular complexity index is 1690. The molecule has 230 valence electrons. The highest BCUT2D eigenvalue weighted by atomic mass is 32.2. The van der Waals surface area contributed by atoms with E-state index in [9.17, 15) is 18.0 Å². The van der Waals surface area contributed by atoms with Crippen molar-refractivity contribution in [3.8, 4) is 17.2 Å². The van der Waals surface area contributed by atoms with Gasteiger partial charge in [-0.1, -0.05) is 55.8 Å². The number of aryl methyl sites for hydroxylation is 2. The summed E-state index contributed by atoms with van der Waals surface area (Å²) >= 11 is 1.45. The van der Waals surface area contributed by atoms with E-state index in [-0.39, 0.29) is 25.6 Å². The molecule has 0 bridgehead atoms. The lowest BCUT2D eigenvalue weighted by Gasteiger charge is -2.21. The molecule has 3 aromatic carbocycles. The van der Waals surface area contributed by atoms with Gasteiger partial charge in [0.1, 0.15) is 5.75 Å². The minimum absolute atomic E-state index is 0.0346. The van der Waals surface area contributed by atoms with Gasteiger partial charge in [0.2, 0.25) is 22.9 Å². The van der Waals surface area contributed by atoms with E-state index in [1.54, 1.807) is 36.4 Å². The second-order valence-electron chi connectivity index (χ2n) is 10.0. The smallest absolute Gasteiger partial charge is 0.279 e. The van der Waals surface area contributed by atoms with Crippen LogP contribution in [0.15, 0.2) is 84.2 Å². The summed E-state index contributed by atoms with van der Waals surface area (Å²) in [5.41, 5.74) is 4.75. The Morgan fingerprint density at radius 3 is 2.55 bits per heavy atom. The monoisotopic (exact) mass is 636 g/mol. The molecular formula is C32H32N2O8S2. The van der Waals surface area contributed by atoms with E-state index in [1.807, 2.05) is 54.8 Å². The number of carbonyl (C=O) groups excluding carboxylic acids is 2. The molecular weight excluding hydrogens is 604 g/mol. The maximum absolute atomic E-state index is 13.5. The van der Waals surface area contributed by atoms with Crippen LogP contribution in [-0.2, 0) is 39.1 Å². The number of hydrogen-bond acceptors (Lipinski definition) is 9. The number of nitrogens with one attached hydrogen (secondary N) is 2. The number of ether oxygens (including phenoxy) is 3. The Morgan fingerprint density at radius 1 is 0.955 bits per heavy atom. The molecule has 0 spiro atoms. The highest BCUT2D eigenvalue weighted by molar-refractivity contribution is 7.90. The van der Waals surface area contributed by atoms with Gasteiger partial charge in [-0.15, -0.1) is 11.3 Å². The molecule has 2 heterocycles. The molecule has 0 radical (unpaired) electrons. The van der Waals surface area contributed by atoms with Gasteiger partial charge in [0.15, 0.2) is 11.5 Å². The molecule has 12 heteroatoms. The van der Waals surface area contributed by atoms with Crippen LogP contribution in [0.1, 0.15) is 51.4 Å². The summed E-state index contributed by atoms with van der Waals surface area (Å²) < 4.78 is 45.1. The molecule has 0 fully saturated rings. The van der Waals surface area contributed by atoms with E-state index in [0.29, 0.717) is 40.4 Å². The molecule has 44 heavy (non-hydrogen) atoms. The maximum Gasteiger partial charge on any atom is 0.279 e. The predicted molar refractivity (Wildman–Crippen MR) is 165 cm³/mol. The molecule has 1 aliphatic heterocycles. The third-order valence-corrected chi connectivity index (χ3v) is 8.91. The van der Waals surface area contributed by atoms with Gasteiger partial charge in [-0.2, -0.15) is 0 Å². The van der Waals surface area contributed by atoms with Crippen molar-refractivity contribution in [2.75, 3.05) is 12.5 Å². The number of sulfonamides is 1. The Hall–Kier alpha value is -4.39. The summed E-state index contributed by atoms with van der Waals surface area (Å²) in [6.07, 6.45) is 0.194. The van der Waals surface area contributed by atoms with Crippen LogP contribution < -0.4 is 24.4 Å². The fourth-order valence-corrected chi connectivity index (χ4v) is 6.38. The molecule has 5 rings (SSSR count). The zero-order chi connectivity index (χ0) is 30.9. The van der Waals surface area contributed by atoms with Crippen molar-refractivity contribution in [2.24, 2.45) is 0 Å². The molecule has 10 nitrogen and oxygen atoms in total. The number of thiophene rings is 1. The highest BCUT2D eigenvalue weighted by Crippen LogP contribution is 2.36. The molecule has 2 N–H and O–H groups in total. The van der Waals surface area contributed by atoms with Gasteiger partial charge in [0.25, 0.3) is 11.8 Å². The lowest BCUT2D eigenvalue weighted by Crippen LogP contribution is -2.38. The molecule has 1 unspecified atom stereocenters. The first-order valence-electron chi connectivity index (χ1n) is 14.0. The SMILES string of the molecule is CCCc1cc(C(=O)NOCc2ccccc2)ccc1OC(C(=O)NS(=O)(=O)CCc1cccs1)c1ccc2c(c1)OCO2. The summed E-state index contributed by atoms with van der Waals surface area (Å²) in [5, 5.41) is 1.87. The molecule has 4 aromatic rings. The molecule has 0 saturated heterocycles. The maximum atomic E-state index is 13.5. The average molecular weight is 637 g/mol. The summed E-state index contributed by atoms with van der Waals surface area (Å²) in [6, 6.07) is 22.8. The normalized spacial score (nSPS) is 12.8. The van der Waals surface area contributed by atoms with Crippen molar-refractivity contribution in [2.45, 2.75) is 38.9 Å². The number of benzene rings is 3. The highest BCUT2D eigenvalue weighted by Gasteiger charge is 2.30. The molecule has 0 saturated carbocycles. The van der Waals surface area contributed by atoms with Crippen LogP contribution in [0.4, 0.5) is 0 Å². The Balaban J connectivity index is 1.35. The van der Waals surface area contributed by atoms with Gasteiger partial charge >= 0.3 is 0 Å². The number of fused-ring (bicyclic) bond motifs is 1. The quantitative estimate of drug-likeness (QED) is 0.183. The first kappa shape index (κ1) is 31.0. The van der Waals surface area contributed by atoms with Gasteiger partial charge < -0.3 is 14.2 Å². The van der Waals surface area contributed by atoms with E-state index in [0.717, 1.165) is 16.9 Å². The summed E-state index contributed by atoms with van der Waals surface area (Å²) in [5.74, 6) is -0.291. The fraction of sp³-hybridized carbons (Fsp3) is 0.250. The number of hydrogen-bond donors (Lipinski definition) is 2.